The summed E-state index contributed by atoms with van der Waals surface area (Å²) in [6.45, 7) is 16.8. The Labute approximate surface area is 228 Å². The molecule has 8 atom stereocenters. The highest BCUT2D eigenvalue weighted by Gasteiger charge is 2.76. The van der Waals surface area contributed by atoms with Crippen molar-refractivity contribution in [2.45, 2.75) is 86.3 Å². The van der Waals surface area contributed by atoms with E-state index >= 15 is 0 Å². The van der Waals surface area contributed by atoms with Gasteiger partial charge < -0.3 is 19.8 Å². The first-order valence-electron chi connectivity index (χ1n) is 13.2. The number of carbonyl (C=O) groups excluding carboxylic acids is 3. The first-order chi connectivity index (χ1) is 17.1. The lowest BCUT2D eigenvalue weighted by Gasteiger charge is -2.41. The fraction of sp³-hybridized carbons (Fsp3) is 0.741. The Morgan fingerprint density at radius 3 is 2.44 bits per heavy atom. The molecule has 3 rings (SSSR count). The van der Waals surface area contributed by atoms with Crippen LogP contribution in [-0.2, 0) is 14.4 Å². The minimum Gasteiger partial charge on any atom is -0.394 e. The molecule has 2 bridgehead atoms. The Morgan fingerprint density at radius 2 is 1.89 bits per heavy atom. The number of carbonyl (C=O) groups is 3. The number of amides is 3. The SMILES string of the molecule is C=CCN(CCC)C(=O)[C@H]1[C@@H]2SC3(CC2Br)C(C(=O)N(CC=C)C(C)CCC)N([C@H](C)CO)C(=O)[C@H]13. The summed E-state index contributed by atoms with van der Waals surface area (Å²) < 4.78 is -0.714. The molecule has 0 radical (unpaired) electrons. The highest BCUT2D eigenvalue weighted by atomic mass is 79.9. The third-order valence-corrected chi connectivity index (χ3v) is 11.2. The van der Waals surface area contributed by atoms with Crippen LogP contribution in [-0.4, -0.2) is 96.7 Å². The number of thioether (sulfide) groups is 1. The summed E-state index contributed by atoms with van der Waals surface area (Å²) in [6.07, 6.45) is 6.67. The van der Waals surface area contributed by atoms with Crippen LogP contribution in [0.25, 0.3) is 0 Å². The smallest absolute Gasteiger partial charge is 0.247 e. The van der Waals surface area contributed by atoms with Gasteiger partial charge in [0.1, 0.15) is 6.04 Å². The molecule has 0 aliphatic carbocycles. The third kappa shape index (κ3) is 4.80. The van der Waals surface area contributed by atoms with Crippen LogP contribution in [0.3, 0.4) is 0 Å². The van der Waals surface area contributed by atoms with Crippen LogP contribution in [0.1, 0.15) is 53.4 Å². The fourth-order valence-electron chi connectivity index (χ4n) is 6.48. The van der Waals surface area contributed by atoms with Gasteiger partial charge in [0.05, 0.1) is 29.2 Å². The van der Waals surface area contributed by atoms with Crippen LogP contribution in [0, 0.1) is 11.8 Å². The van der Waals surface area contributed by atoms with E-state index in [9.17, 15) is 19.5 Å². The average molecular weight is 585 g/mol. The van der Waals surface area contributed by atoms with Gasteiger partial charge >= 0.3 is 0 Å². The van der Waals surface area contributed by atoms with E-state index in [1.54, 1.807) is 40.6 Å². The van der Waals surface area contributed by atoms with Crippen LogP contribution >= 0.6 is 27.7 Å². The van der Waals surface area contributed by atoms with Gasteiger partial charge in [0.15, 0.2) is 0 Å². The van der Waals surface area contributed by atoms with Crippen LogP contribution in [0.5, 0.6) is 0 Å². The number of rotatable bonds is 13. The molecule has 1 spiro atoms. The third-order valence-electron chi connectivity index (χ3n) is 7.99. The summed E-state index contributed by atoms with van der Waals surface area (Å²) in [5.74, 6) is -1.43. The highest BCUT2D eigenvalue weighted by molar-refractivity contribution is 9.09. The number of halogens is 1. The van der Waals surface area contributed by atoms with Crippen molar-refractivity contribution in [2.24, 2.45) is 11.8 Å². The van der Waals surface area contributed by atoms with E-state index in [1.807, 2.05) is 18.7 Å². The fourth-order valence-corrected chi connectivity index (χ4v) is 10.1. The Kier molecular flexibility index (Phi) is 9.77. The maximum Gasteiger partial charge on any atom is 0.247 e. The highest BCUT2D eigenvalue weighted by Crippen LogP contribution is 2.68. The van der Waals surface area contributed by atoms with Gasteiger partial charge in [-0.2, -0.15) is 0 Å². The second-order valence-electron chi connectivity index (χ2n) is 10.4. The first kappa shape index (κ1) is 29.2. The van der Waals surface area contributed by atoms with E-state index in [0.717, 1.165) is 19.3 Å². The molecule has 1 N–H and O–H groups in total. The Bertz CT molecular complexity index is 872. The molecule has 4 unspecified atom stereocenters. The van der Waals surface area contributed by atoms with E-state index in [0.29, 0.717) is 26.1 Å². The van der Waals surface area contributed by atoms with E-state index in [-0.39, 0.29) is 40.4 Å². The molecule has 0 aromatic heterocycles. The number of hydrogen-bond donors (Lipinski definition) is 1. The van der Waals surface area contributed by atoms with E-state index in [2.05, 4.69) is 36.0 Å². The van der Waals surface area contributed by atoms with Gasteiger partial charge in [0, 0.05) is 35.8 Å². The summed E-state index contributed by atoms with van der Waals surface area (Å²) in [6, 6.07) is -1.27. The van der Waals surface area contributed by atoms with Gasteiger partial charge in [-0.1, -0.05) is 48.4 Å². The van der Waals surface area contributed by atoms with Crippen molar-refractivity contribution in [3.8, 4) is 0 Å². The summed E-state index contributed by atoms with van der Waals surface area (Å²) in [4.78, 5) is 47.6. The van der Waals surface area contributed by atoms with Gasteiger partial charge in [0.25, 0.3) is 0 Å². The lowest BCUT2D eigenvalue weighted by atomic mass is 9.70. The van der Waals surface area contributed by atoms with Gasteiger partial charge in [-0.05, 0) is 33.1 Å². The van der Waals surface area contributed by atoms with Crippen molar-refractivity contribution >= 4 is 45.4 Å². The summed E-state index contributed by atoms with van der Waals surface area (Å²) in [5, 5.41) is 10.0. The van der Waals surface area contributed by atoms with Crippen molar-refractivity contribution in [1.82, 2.24) is 14.7 Å². The predicted octanol–water partition coefficient (Wildman–Crippen LogP) is 3.46. The van der Waals surface area contributed by atoms with Crippen molar-refractivity contribution in [1.29, 1.82) is 0 Å². The Hall–Kier alpha value is -1.32. The summed E-state index contributed by atoms with van der Waals surface area (Å²) in [7, 11) is 0. The Morgan fingerprint density at radius 1 is 1.22 bits per heavy atom. The zero-order valence-electron chi connectivity index (χ0n) is 22.1. The number of hydrogen-bond acceptors (Lipinski definition) is 5. The zero-order chi connectivity index (χ0) is 26.8. The van der Waals surface area contributed by atoms with Crippen LogP contribution in [0.4, 0.5) is 0 Å². The molecule has 3 fully saturated rings. The van der Waals surface area contributed by atoms with Crippen molar-refractivity contribution in [3.05, 3.63) is 25.3 Å². The number of fused-ring (bicyclic) bond motifs is 1. The molecule has 0 aromatic rings. The molecule has 3 heterocycles. The minimum atomic E-state index is -0.733. The number of aliphatic hydroxyl groups excluding tert-OH is 1. The van der Waals surface area contributed by atoms with Crippen molar-refractivity contribution < 1.29 is 19.5 Å². The van der Waals surface area contributed by atoms with Gasteiger partial charge in [-0.15, -0.1) is 24.9 Å². The number of aliphatic hydroxyl groups is 1. The molecule has 9 heteroatoms. The predicted molar refractivity (Wildman–Crippen MR) is 149 cm³/mol. The second kappa shape index (κ2) is 12.0. The standard InChI is InChI=1S/C27H42BrN3O4S/c1-7-11-17(5)30(14-10-4)26(35)23-27-15-19(28)22(36-27)20(24(33)29(12-8-2)13-9-3)21(27)25(34)31(23)18(6)16-32/h8,10,17-23,32H,2,4,7,9,11-16H2,1,3,5-6H3/t17?,18-,19?,20-,21+,22-,23?,27?/m1/s1. The first-order valence-corrected chi connectivity index (χ1v) is 15.0. The lowest BCUT2D eigenvalue weighted by molar-refractivity contribution is -0.147. The van der Waals surface area contributed by atoms with Crippen molar-refractivity contribution in [3.63, 3.8) is 0 Å². The largest absolute Gasteiger partial charge is 0.394 e. The number of likely N-dealkylation sites (tertiary alicyclic amines) is 1. The molecular formula is C27H42BrN3O4S. The minimum absolute atomic E-state index is 0.00855. The van der Waals surface area contributed by atoms with Crippen LogP contribution < -0.4 is 0 Å². The van der Waals surface area contributed by atoms with Crippen LogP contribution in [0.15, 0.2) is 25.3 Å². The van der Waals surface area contributed by atoms with Crippen molar-refractivity contribution in [2.75, 3.05) is 26.2 Å². The van der Waals surface area contributed by atoms with Gasteiger partial charge in [0.2, 0.25) is 17.7 Å². The maximum atomic E-state index is 14.3. The molecule has 3 aliphatic rings. The molecular weight excluding hydrogens is 542 g/mol. The molecule has 202 valence electrons. The lowest BCUT2D eigenvalue weighted by Crippen LogP contribution is -2.58. The van der Waals surface area contributed by atoms with E-state index in [4.69, 9.17) is 0 Å². The van der Waals surface area contributed by atoms with Gasteiger partial charge in [-0.3, -0.25) is 14.4 Å². The molecule has 7 nitrogen and oxygen atoms in total. The van der Waals surface area contributed by atoms with Gasteiger partial charge in [-0.25, -0.2) is 0 Å². The Balaban J connectivity index is 2.10. The number of nitrogens with zero attached hydrogens (tertiary/aromatic N) is 3. The molecule has 3 aliphatic heterocycles. The molecule has 3 saturated heterocycles. The molecule has 0 aromatic carbocycles. The summed E-state index contributed by atoms with van der Waals surface area (Å²) >= 11 is 5.47. The zero-order valence-corrected chi connectivity index (χ0v) is 24.5. The van der Waals surface area contributed by atoms with E-state index < -0.39 is 28.7 Å². The maximum absolute atomic E-state index is 14.3. The molecule has 36 heavy (non-hydrogen) atoms. The monoisotopic (exact) mass is 583 g/mol. The number of alkyl halides is 1. The summed E-state index contributed by atoms with van der Waals surface area (Å²) in [5.41, 5.74) is 0. The topological polar surface area (TPSA) is 81.2 Å². The molecule has 0 saturated carbocycles. The second-order valence-corrected chi connectivity index (χ2v) is 13.1. The average Bonchev–Trinajstić information content (AvgIpc) is 3.44. The van der Waals surface area contributed by atoms with Crippen LogP contribution in [0.2, 0.25) is 0 Å². The molecule has 3 amide bonds. The quantitative estimate of drug-likeness (QED) is 0.265. The van der Waals surface area contributed by atoms with E-state index in [1.165, 1.54) is 0 Å². The normalized spacial score (nSPS) is 32.2.